The molecular weight excluding hydrogens is 690 g/mol. The van der Waals surface area contributed by atoms with Crippen molar-refractivity contribution in [1.82, 2.24) is 0 Å². The van der Waals surface area contributed by atoms with E-state index in [1.807, 2.05) is 0 Å². The molecule has 0 N–H and O–H groups in total. The zero-order valence-corrected chi connectivity index (χ0v) is 37.3. The fourth-order valence-electron chi connectivity index (χ4n) is 8.32. The van der Waals surface area contributed by atoms with Crippen LogP contribution in [0, 0.1) is 14.9 Å². The summed E-state index contributed by atoms with van der Waals surface area (Å²) in [6.45, 7) is 17.9. The van der Waals surface area contributed by atoms with Gasteiger partial charge >= 0.3 is 0 Å². The van der Waals surface area contributed by atoms with E-state index in [1.165, 1.54) is 128 Å². The van der Waals surface area contributed by atoms with E-state index in [0.717, 1.165) is 22.6 Å². The molecule has 4 aliphatic rings. The van der Waals surface area contributed by atoms with Crippen LogP contribution in [-0.4, -0.2) is 58.6 Å². The predicted molar refractivity (Wildman–Crippen MR) is 216 cm³/mol. The third kappa shape index (κ3) is 18.3. The van der Waals surface area contributed by atoms with Crippen molar-refractivity contribution in [3.63, 3.8) is 0 Å². The van der Waals surface area contributed by atoms with E-state index in [0.29, 0.717) is 36.0 Å². The average molecular weight is 770 g/mol. The molecule has 0 aromatic heterocycles. The van der Waals surface area contributed by atoms with Gasteiger partial charge in [-0.3, -0.25) is 0 Å². The molecule has 0 aromatic rings. The van der Waals surface area contributed by atoms with Crippen molar-refractivity contribution < 1.29 is 26.2 Å². The maximum Gasteiger partial charge on any atom is 0 e. The zero-order chi connectivity index (χ0) is 31.9. The second kappa shape index (κ2) is 27.2. The van der Waals surface area contributed by atoms with Crippen LogP contribution >= 0.6 is 15.8 Å². The van der Waals surface area contributed by atoms with Gasteiger partial charge in [-0.25, -0.2) is 11.8 Å². The van der Waals surface area contributed by atoms with Crippen molar-refractivity contribution in [2.24, 2.45) is 0 Å². The fraction of sp³-hybridized carbons (Fsp3) is 0.950. The van der Waals surface area contributed by atoms with E-state index in [4.69, 9.17) is 21.3 Å². The SMILES string of the molecule is CC(C)[N-]C([N-]C(C)C)P(C1CCCCC1)C1CCCCC1.CC(C)[N-]C([N-]C(C)C)P(C1CCCCC1)C1CCCCC1.[CH3-].[CH3-].[Zr]. The van der Waals surface area contributed by atoms with Crippen LogP contribution in [0.25, 0.3) is 21.3 Å². The molecule has 4 nitrogen and oxygen atoms in total. The van der Waals surface area contributed by atoms with Gasteiger partial charge in [-0.05, 0) is 74.0 Å². The first-order chi connectivity index (χ1) is 21.2. The third-order valence-electron chi connectivity index (χ3n) is 10.2. The molecule has 4 rings (SSSR count). The van der Waals surface area contributed by atoms with Crippen LogP contribution in [0.1, 0.15) is 184 Å². The Morgan fingerprint density at radius 3 is 0.660 bits per heavy atom. The quantitative estimate of drug-likeness (QED) is 0.125. The standard InChI is InChI=1S/2C19H37N2P.2CH3.Zr/c2*1-15(2)20-19(21-16(3)4)22(17-11-7-5-8-12-17)18-13-9-6-10-14-18;;;/h2*15-19H,5-14H2,1-4H3;2*1H3;/q2*-2;2*-1;. The summed E-state index contributed by atoms with van der Waals surface area (Å²) in [5, 5.41) is 20.5. The summed E-state index contributed by atoms with van der Waals surface area (Å²) >= 11 is 0. The van der Waals surface area contributed by atoms with Crippen molar-refractivity contribution in [3.8, 4) is 0 Å². The summed E-state index contributed by atoms with van der Waals surface area (Å²) in [7, 11) is -0.118. The molecule has 0 aliphatic heterocycles. The van der Waals surface area contributed by atoms with Crippen LogP contribution in [0.15, 0.2) is 0 Å². The minimum atomic E-state index is -0.0588. The second-order valence-corrected chi connectivity index (χ2v) is 21.4. The van der Waals surface area contributed by atoms with E-state index < -0.39 is 0 Å². The molecule has 0 aromatic carbocycles. The minimum absolute atomic E-state index is 0. The Morgan fingerprint density at radius 1 is 0.340 bits per heavy atom. The number of hydrogen-bond acceptors (Lipinski definition) is 0. The maximum absolute atomic E-state index is 5.13. The molecule has 0 radical (unpaired) electrons. The maximum atomic E-state index is 5.13. The first kappa shape index (κ1) is 48.6. The third-order valence-corrected chi connectivity index (χ3v) is 17.3. The average Bonchev–Trinajstić information content (AvgIpc) is 2.99. The molecule has 0 amide bonds. The van der Waals surface area contributed by atoms with E-state index in [-0.39, 0.29) is 56.9 Å². The normalized spacial score (nSPS) is 20.9. The molecule has 0 atom stereocenters. The second-order valence-electron chi connectivity index (χ2n) is 15.7. The van der Waals surface area contributed by atoms with Crippen LogP contribution in [0.2, 0.25) is 0 Å². The summed E-state index contributed by atoms with van der Waals surface area (Å²) in [6.07, 6.45) is 29.1. The van der Waals surface area contributed by atoms with Crippen molar-refractivity contribution >= 4 is 15.8 Å². The molecule has 4 aliphatic carbocycles. The Kier molecular flexibility index (Phi) is 28.1. The Bertz CT molecular complexity index is 599. The van der Waals surface area contributed by atoms with Gasteiger partial charge in [-0.15, -0.1) is 40.0 Å². The fourth-order valence-corrected chi connectivity index (χ4v) is 16.5. The van der Waals surface area contributed by atoms with Gasteiger partial charge in [0.15, 0.2) is 0 Å². The largest absolute Gasteiger partial charge is 0.672 e. The van der Waals surface area contributed by atoms with E-state index in [1.54, 1.807) is 0 Å². The van der Waals surface area contributed by atoms with Crippen molar-refractivity contribution in [3.05, 3.63) is 36.1 Å². The smallest absolute Gasteiger partial charge is 0 e. The van der Waals surface area contributed by atoms with E-state index in [2.05, 4.69) is 55.4 Å². The van der Waals surface area contributed by atoms with Gasteiger partial charge in [0, 0.05) is 26.2 Å². The zero-order valence-electron chi connectivity index (χ0n) is 33.1. The van der Waals surface area contributed by atoms with Crippen LogP contribution in [0.5, 0.6) is 0 Å². The summed E-state index contributed by atoms with van der Waals surface area (Å²) in [5.74, 6) is 0.641. The van der Waals surface area contributed by atoms with Gasteiger partial charge in [-0.1, -0.05) is 132 Å². The first-order valence-electron chi connectivity index (χ1n) is 19.5. The molecule has 0 bridgehead atoms. The van der Waals surface area contributed by atoms with Gasteiger partial charge in [0.25, 0.3) is 0 Å². The molecule has 0 saturated heterocycles. The molecule has 4 fully saturated rings. The van der Waals surface area contributed by atoms with Crippen LogP contribution in [0.3, 0.4) is 0 Å². The van der Waals surface area contributed by atoms with Crippen LogP contribution in [-0.2, 0) is 26.2 Å². The number of nitrogens with zero attached hydrogens (tertiary/aromatic N) is 4. The number of rotatable bonds is 14. The molecule has 0 unspecified atom stereocenters. The summed E-state index contributed by atoms with van der Waals surface area (Å²) in [6, 6.07) is 1.68. The minimum Gasteiger partial charge on any atom is -0.672 e. The molecule has 4 saturated carbocycles. The Labute approximate surface area is 318 Å². The summed E-state index contributed by atoms with van der Waals surface area (Å²) in [5.41, 5.74) is 3.78. The van der Waals surface area contributed by atoms with E-state index in [9.17, 15) is 0 Å². The van der Waals surface area contributed by atoms with Gasteiger partial charge in [0.2, 0.25) is 0 Å². The Balaban J connectivity index is 0.000000846. The van der Waals surface area contributed by atoms with Crippen molar-refractivity contribution in [2.45, 2.75) is 242 Å². The molecule has 0 spiro atoms. The first-order valence-corrected chi connectivity index (χ1v) is 22.6. The Hall–Kier alpha value is 1.58. The topological polar surface area (TPSA) is 56.4 Å². The summed E-state index contributed by atoms with van der Waals surface area (Å²) < 4.78 is 0. The monoisotopic (exact) mass is 768 g/mol. The molecule has 0 heterocycles. The predicted octanol–water partition coefficient (Wildman–Crippen LogP) is 14.9. The van der Waals surface area contributed by atoms with Crippen molar-refractivity contribution in [1.29, 1.82) is 0 Å². The van der Waals surface area contributed by atoms with Crippen LogP contribution < -0.4 is 0 Å². The van der Waals surface area contributed by atoms with E-state index >= 15 is 0 Å². The van der Waals surface area contributed by atoms with Gasteiger partial charge in [0.05, 0.1) is 0 Å². The Morgan fingerprint density at radius 2 is 0.511 bits per heavy atom. The number of hydrogen-bond donors (Lipinski definition) is 0. The molecule has 7 heteroatoms. The molecule has 280 valence electrons. The molecule has 47 heavy (non-hydrogen) atoms. The summed E-state index contributed by atoms with van der Waals surface area (Å²) in [4.78, 5) is 0. The van der Waals surface area contributed by atoms with Gasteiger partial charge < -0.3 is 36.1 Å². The van der Waals surface area contributed by atoms with Crippen LogP contribution in [0.4, 0.5) is 0 Å². The van der Waals surface area contributed by atoms with Gasteiger partial charge in [0.1, 0.15) is 0 Å². The van der Waals surface area contributed by atoms with Gasteiger partial charge in [-0.2, -0.15) is 0 Å². The molecular formula is C40H80N4P2Zr-6. The van der Waals surface area contributed by atoms with Crippen molar-refractivity contribution in [2.75, 3.05) is 0 Å².